The number of nitrogens with two attached hydrogens (primary N) is 1. The molecule has 0 bridgehead atoms. The van der Waals surface area contributed by atoms with E-state index in [0.29, 0.717) is 6.54 Å². The number of epoxide rings is 1. The van der Waals surface area contributed by atoms with E-state index < -0.39 is 0 Å². The highest BCUT2D eigenvalue weighted by Crippen LogP contribution is 2.22. The van der Waals surface area contributed by atoms with Crippen molar-refractivity contribution in [1.29, 1.82) is 0 Å². The van der Waals surface area contributed by atoms with Crippen LogP contribution < -0.4 is 5.73 Å². The molecule has 2 heteroatoms. The topological polar surface area (TPSA) is 38.5 Å². The molecule has 2 N–H and O–H groups in total. The van der Waals surface area contributed by atoms with Gasteiger partial charge in [-0.25, -0.2) is 0 Å². The molecule has 2 nitrogen and oxygen atoms in total. The monoisotopic (exact) mass is 87.1 g/mol. The summed E-state index contributed by atoms with van der Waals surface area (Å²) in [4.78, 5) is 0. The summed E-state index contributed by atoms with van der Waals surface area (Å²) >= 11 is 0. The zero-order valence-electron chi connectivity index (χ0n) is 3.90. The van der Waals surface area contributed by atoms with Crippen molar-refractivity contribution in [2.45, 2.75) is 12.5 Å². The average molecular weight is 87.1 g/mol. The molecule has 0 saturated carbocycles. The second-order valence-electron chi connectivity index (χ2n) is 1.94. The van der Waals surface area contributed by atoms with E-state index in [1.54, 1.807) is 0 Å². The number of hydrogen-bond acceptors (Lipinski definition) is 2. The lowest BCUT2D eigenvalue weighted by molar-refractivity contribution is 0.330. The van der Waals surface area contributed by atoms with Crippen LogP contribution in [-0.2, 0) is 4.74 Å². The number of ether oxygens (including phenoxy) is 1. The van der Waals surface area contributed by atoms with Gasteiger partial charge in [-0.2, -0.15) is 0 Å². The fourth-order valence-electron chi connectivity index (χ4n) is 0.241. The second kappa shape index (κ2) is 0.950. The molecule has 0 aromatic heterocycles. The van der Waals surface area contributed by atoms with Crippen LogP contribution in [0.4, 0.5) is 0 Å². The van der Waals surface area contributed by atoms with Gasteiger partial charge in [0.25, 0.3) is 0 Å². The van der Waals surface area contributed by atoms with Crippen molar-refractivity contribution in [1.82, 2.24) is 0 Å². The van der Waals surface area contributed by atoms with Gasteiger partial charge >= 0.3 is 0 Å². The maximum atomic E-state index is 5.24. The fourth-order valence-corrected chi connectivity index (χ4v) is 0.241. The zero-order valence-corrected chi connectivity index (χ0v) is 3.90. The van der Waals surface area contributed by atoms with Crippen molar-refractivity contribution < 1.29 is 4.74 Å². The van der Waals surface area contributed by atoms with E-state index >= 15 is 0 Å². The molecule has 0 amide bonds. The van der Waals surface area contributed by atoms with Crippen LogP contribution in [0.1, 0.15) is 6.92 Å². The van der Waals surface area contributed by atoms with Gasteiger partial charge in [0, 0.05) is 6.54 Å². The lowest BCUT2D eigenvalue weighted by atomic mass is 10.2. The molecule has 0 aromatic carbocycles. The summed E-state index contributed by atoms with van der Waals surface area (Å²) in [5.74, 6) is 0. The summed E-state index contributed by atoms with van der Waals surface area (Å²) in [5, 5.41) is 0. The SMILES string of the molecule is CC1(CN)CO1. The maximum Gasteiger partial charge on any atom is 0.101 e. The Morgan fingerprint density at radius 1 is 2.00 bits per heavy atom. The van der Waals surface area contributed by atoms with Gasteiger partial charge in [0.2, 0.25) is 0 Å². The summed E-state index contributed by atoms with van der Waals surface area (Å²) < 4.78 is 4.92. The highest BCUT2D eigenvalue weighted by atomic mass is 16.6. The van der Waals surface area contributed by atoms with E-state index in [-0.39, 0.29) is 5.60 Å². The molecule has 1 aliphatic heterocycles. The standard InChI is InChI=1S/C4H9NO/c1-4(2-5)3-6-4/h2-3,5H2,1H3. The Hall–Kier alpha value is -0.0800. The molecule has 0 aromatic rings. The van der Waals surface area contributed by atoms with E-state index in [9.17, 15) is 0 Å². The predicted octanol–water partition coefficient (Wildman–Crippen LogP) is -0.266. The molecule has 1 aliphatic rings. The van der Waals surface area contributed by atoms with Gasteiger partial charge in [-0.15, -0.1) is 0 Å². The third kappa shape index (κ3) is 0.533. The molecule has 1 atom stereocenters. The van der Waals surface area contributed by atoms with Gasteiger partial charge in [0.15, 0.2) is 0 Å². The van der Waals surface area contributed by atoms with Crippen LogP contribution in [0.15, 0.2) is 0 Å². The Balaban J connectivity index is 2.28. The first-order chi connectivity index (χ1) is 2.77. The molecule has 1 saturated heterocycles. The van der Waals surface area contributed by atoms with Crippen molar-refractivity contribution in [2.75, 3.05) is 13.2 Å². The molecule has 1 unspecified atom stereocenters. The molecule has 1 heterocycles. The molecule has 0 radical (unpaired) electrons. The Labute approximate surface area is 37.3 Å². The second-order valence-corrected chi connectivity index (χ2v) is 1.94. The molecular weight excluding hydrogens is 78.0 g/mol. The molecule has 0 spiro atoms. The minimum Gasteiger partial charge on any atom is -0.369 e. The minimum absolute atomic E-state index is 0.0694. The van der Waals surface area contributed by atoms with E-state index in [4.69, 9.17) is 10.5 Å². The first kappa shape index (κ1) is 4.09. The average Bonchev–Trinajstić information content (AvgIpc) is 2.22. The summed E-state index contributed by atoms with van der Waals surface area (Å²) in [7, 11) is 0. The van der Waals surface area contributed by atoms with Gasteiger partial charge in [-0.1, -0.05) is 0 Å². The maximum absolute atomic E-state index is 5.24. The van der Waals surface area contributed by atoms with Crippen LogP contribution in [0.5, 0.6) is 0 Å². The quantitative estimate of drug-likeness (QED) is 0.447. The van der Waals surface area contributed by atoms with E-state index in [2.05, 4.69) is 0 Å². The predicted molar refractivity (Wildman–Crippen MR) is 23.4 cm³/mol. The number of hydrogen-bond donors (Lipinski definition) is 1. The first-order valence-corrected chi connectivity index (χ1v) is 2.11. The third-order valence-corrected chi connectivity index (χ3v) is 1.07. The molecule has 1 rings (SSSR count). The molecule has 0 aliphatic carbocycles. The minimum atomic E-state index is 0.0694. The third-order valence-electron chi connectivity index (χ3n) is 1.07. The van der Waals surface area contributed by atoms with E-state index in [0.717, 1.165) is 6.61 Å². The van der Waals surface area contributed by atoms with Gasteiger partial charge < -0.3 is 10.5 Å². The molecular formula is C4H9NO. The Bertz CT molecular complexity index is 58.6. The van der Waals surface area contributed by atoms with Gasteiger partial charge in [-0.05, 0) is 6.92 Å². The van der Waals surface area contributed by atoms with Gasteiger partial charge in [-0.3, -0.25) is 0 Å². The Morgan fingerprint density at radius 3 is 2.50 bits per heavy atom. The van der Waals surface area contributed by atoms with Crippen LogP contribution in [-0.4, -0.2) is 18.8 Å². The largest absolute Gasteiger partial charge is 0.369 e. The first-order valence-electron chi connectivity index (χ1n) is 2.11. The van der Waals surface area contributed by atoms with E-state index in [1.807, 2.05) is 6.92 Å². The molecule has 36 valence electrons. The Kier molecular flexibility index (Phi) is 0.648. The highest BCUT2D eigenvalue weighted by molar-refractivity contribution is 4.87. The fraction of sp³-hybridized carbons (Fsp3) is 1.00. The lowest BCUT2D eigenvalue weighted by Gasteiger charge is -1.92. The number of rotatable bonds is 1. The smallest absolute Gasteiger partial charge is 0.101 e. The summed E-state index contributed by atoms with van der Waals surface area (Å²) in [5.41, 5.74) is 5.31. The van der Waals surface area contributed by atoms with Crippen molar-refractivity contribution in [3.63, 3.8) is 0 Å². The highest BCUT2D eigenvalue weighted by Gasteiger charge is 2.37. The van der Waals surface area contributed by atoms with E-state index in [1.165, 1.54) is 0 Å². The molecule has 6 heavy (non-hydrogen) atoms. The van der Waals surface area contributed by atoms with Crippen molar-refractivity contribution in [2.24, 2.45) is 5.73 Å². The zero-order chi connectivity index (χ0) is 4.62. The van der Waals surface area contributed by atoms with Crippen LogP contribution in [0.25, 0.3) is 0 Å². The van der Waals surface area contributed by atoms with Crippen LogP contribution >= 0.6 is 0 Å². The van der Waals surface area contributed by atoms with Crippen LogP contribution in [0.3, 0.4) is 0 Å². The van der Waals surface area contributed by atoms with Crippen LogP contribution in [0, 0.1) is 0 Å². The van der Waals surface area contributed by atoms with Crippen molar-refractivity contribution in [3.05, 3.63) is 0 Å². The summed E-state index contributed by atoms with van der Waals surface area (Å²) in [6, 6.07) is 0. The summed E-state index contributed by atoms with van der Waals surface area (Å²) in [6.07, 6.45) is 0. The Morgan fingerprint density at radius 2 is 2.50 bits per heavy atom. The lowest BCUT2D eigenvalue weighted by Crippen LogP contribution is -2.18. The molecule has 1 fully saturated rings. The van der Waals surface area contributed by atoms with Gasteiger partial charge in [0.1, 0.15) is 5.60 Å². The summed E-state index contributed by atoms with van der Waals surface area (Å²) in [6.45, 7) is 3.52. The van der Waals surface area contributed by atoms with Crippen LogP contribution in [0.2, 0.25) is 0 Å². The van der Waals surface area contributed by atoms with Crippen molar-refractivity contribution in [3.8, 4) is 0 Å². The van der Waals surface area contributed by atoms with Crippen molar-refractivity contribution >= 4 is 0 Å². The van der Waals surface area contributed by atoms with Gasteiger partial charge in [0.05, 0.1) is 6.61 Å². The normalized spacial score (nSPS) is 43.0.